The largest absolute Gasteiger partial charge is 0.238 e. The van der Waals surface area contributed by atoms with E-state index in [0.717, 1.165) is 32.6 Å². The summed E-state index contributed by atoms with van der Waals surface area (Å²) in [7, 11) is 8.39. The summed E-state index contributed by atoms with van der Waals surface area (Å²) in [6, 6.07) is 53.5. The van der Waals surface area contributed by atoms with Crippen molar-refractivity contribution in [3.8, 4) is 45.0 Å². The summed E-state index contributed by atoms with van der Waals surface area (Å²) < 4.78 is 17.4. The van der Waals surface area contributed by atoms with Crippen molar-refractivity contribution < 1.29 is 19.6 Å². The first-order chi connectivity index (χ1) is 51.0. The summed E-state index contributed by atoms with van der Waals surface area (Å²) >= 11 is 0. The van der Waals surface area contributed by atoms with Crippen LogP contribution in [0.25, 0.3) is 107 Å². The molecule has 8 heteroatoms. The molecule has 8 nitrogen and oxygen atoms in total. The summed E-state index contributed by atoms with van der Waals surface area (Å²) in [5.74, 6) is 1.42. The molecule has 0 amide bonds. The lowest BCUT2D eigenvalue weighted by Gasteiger charge is -2.28. The standard InChI is InChI=1S/C26H31N2.C25H27N2.C24H25N2.C24H27N2.CH4/c1-17-22(15-19(25(2,3)4)16-23(17)26(5,6)7)24-21-11-10-20(27-8)14-18(21)12-13-28(24)9;1-16-12-20(19-8-6-7-9-19)15-24(18(16)3)25-23-11-10-22(26-4)14-21(23)13-17(2)27(25)5;1-16-9-10-19(18-7-5-6-8-18)15-23(16)24-22-12-11-21(25-3)14-20(22)13-17(2)26(24)4;1-15-11-19(24(4,5)6)14-22(17(15)3)23-21-10-9-20(25-7)13-18(21)12-16(2)26(23)8;/h10-16H,1-7,9H3;10-15,19H,6-9H2,1-3,5H3;9-15,18H,5-8H2,1-2,4H3;9-14H,1-6,8H3;1H4/q4*+1;/i13D;;;;. The van der Waals surface area contributed by atoms with Gasteiger partial charge in [-0.1, -0.05) is 174 Å². The first-order valence-electron chi connectivity index (χ1n) is 38.8. The minimum absolute atomic E-state index is 0. The second-order valence-corrected chi connectivity index (χ2v) is 33.8. The number of hydrogen-bond acceptors (Lipinski definition) is 0. The molecule has 0 aliphatic heterocycles. The van der Waals surface area contributed by atoms with Crippen LogP contribution in [0.4, 0.5) is 22.7 Å². The average Bonchev–Trinajstić information content (AvgIpc) is 0.979. The van der Waals surface area contributed by atoms with Gasteiger partial charge in [0.1, 0.15) is 29.6 Å². The van der Waals surface area contributed by atoms with Gasteiger partial charge in [-0.25, -0.2) is 23.9 Å². The van der Waals surface area contributed by atoms with Gasteiger partial charge in [0.25, 0.3) is 0 Å². The van der Waals surface area contributed by atoms with E-state index in [2.05, 4.69) is 270 Å². The molecule has 2 fully saturated rings. The predicted octanol–water partition coefficient (Wildman–Crippen LogP) is 26.1. The molecule has 0 N–H and O–H groups in total. The number of aryl methyl sites for hydroxylation is 6. The lowest BCUT2D eigenvalue weighted by atomic mass is 9.76. The molecule has 0 unspecified atom stereocenters. The summed E-state index contributed by atoms with van der Waals surface area (Å²) in [4.78, 5) is 14.4. The van der Waals surface area contributed by atoms with E-state index < -0.39 is 0 Å². The fraction of sp³-hybridized carbons (Fsp3) is 0.360. The van der Waals surface area contributed by atoms with Crippen LogP contribution in [0.5, 0.6) is 0 Å². The Hall–Kier alpha value is -10.6. The molecule has 8 aromatic carbocycles. The van der Waals surface area contributed by atoms with Crippen molar-refractivity contribution in [3.63, 3.8) is 0 Å². The van der Waals surface area contributed by atoms with Crippen molar-refractivity contribution in [1.29, 1.82) is 0 Å². The second-order valence-electron chi connectivity index (χ2n) is 33.8. The van der Waals surface area contributed by atoms with Gasteiger partial charge in [0.05, 0.1) is 64.5 Å². The highest BCUT2D eigenvalue weighted by molar-refractivity contribution is 5.99. The van der Waals surface area contributed by atoms with Crippen molar-refractivity contribution in [1.82, 2.24) is 0 Å². The maximum absolute atomic E-state index is 8.53. The van der Waals surface area contributed by atoms with Crippen molar-refractivity contribution in [2.24, 2.45) is 28.2 Å². The Morgan fingerprint density at radius 1 is 0.343 bits per heavy atom. The third-order valence-corrected chi connectivity index (χ3v) is 23.4. The lowest BCUT2D eigenvalue weighted by Crippen LogP contribution is -2.35. The summed E-state index contributed by atoms with van der Waals surface area (Å²) in [5.41, 5.74) is 31.2. The molecule has 108 heavy (non-hydrogen) atoms. The van der Waals surface area contributed by atoms with Crippen LogP contribution in [0, 0.1) is 88.6 Å². The van der Waals surface area contributed by atoms with Crippen molar-refractivity contribution in [3.05, 3.63) is 282 Å². The van der Waals surface area contributed by atoms with Crippen LogP contribution in [0.15, 0.2) is 158 Å². The Labute approximate surface area is 648 Å². The monoisotopic (exact) mass is 1430 g/mol. The SMILES string of the molecule is C.[2H]c1cc2cc([N+]#[C-])ccc2c(-c2cc(C(C)(C)C)cc(C(C)(C)C)c2C)[n+]1C.[C-]#[N+]c1ccc2c(-c3cc(C(C)(C)C)cc(C)c3C)[n+](C)c(C)cc2c1.[C-]#[N+]c1ccc2c(-c3cc(C4CCCC4)cc(C)c3C)[n+](C)c(C)cc2c1.[C-]#[N+]c1ccc2c(-c3cc(C4CCCC4)ccc3C)[n+](C)c(C)cc2c1. The maximum Gasteiger partial charge on any atom is 0.220 e. The van der Waals surface area contributed by atoms with E-state index in [-0.39, 0.29) is 23.7 Å². The topological polar surface area (TPSA) is 33.0 Å². The zero-order chi connectivity index (χ0) is 78.3. The number of benzene rings is 8. The third kappa shape index (κ3) is 16.4. The molecule has 12 aromatic rings. The Balaban J connectivity index is 0.000000154. The molecule has 0 bridgehead atoms. The predicted molar refractivity (Wildman–Crippen MR) is 455 cm³/mol. The van der Waals surface area contributed by atoms with Crippen molar-refractivity contribution in [2.45, 2.75) is 212 Å². The van der Waals surface area contributed by atoms with Crippen molar-refractivity contribution in [2.75, 3.05) is 0 Å². The number of fused-ring (bicyclic) bond motifs is 4. The summed E-state index contributed by atoms with van der Waals surface area (Å²) in [6.07, 6.45) is 11.1. The van der Waals surface area contributed by atoms with Crippen molar-refractivity contribution >= 4 is 65.8 Å². The van der Waals surface area contributed by atoms with E-state index in [0.29, 0.717) is 40.8 Å². The third-order valence-electron chi connectivity index (χ3n) is 23.4. The lowest BCUT2D eigenvalue weighted by molar-refractivity contribution is -0.665. The van der Waals surface area contributed by atoms with Crippen LogP contribution in [-0.4, -0.2) is 0 Å². The number of pyridine rings is 4. The molecule has 0 radical (unpaired) electrons. The second kappa shape index (κ2) is 32.0. The van der Waals surface area contributed by atoms with E-state index in [1.54, 1.807) is 0 Å². The van der Waals surface area contributed by atoms with Gasteiger partial charge >= 0.3 is 0 Å². The maximum atomic E-state index is 8.53. The highest BCUT2D eigenvalue weighted by Gasteiger charge is 2.31. The molecule has 550 valence electrons. The Morgan fingerprint density at radius 2 is 0.694 bits per heavy atom. The Morgan fingerprint density at radius 3 is 1.10 bits per heavy atom. The molecule has 4 aromatic heterocycles. The number of aromatic nitrogens is 4. The highest BCUT2D eigenvalue weighted by atomic mass is 15.0. The zero-order valence-corrected chi connectivity index (χ0v) is 67.8. The van der Waals surface area contributed by atoms with Gasteiger partial charge in [-0.05, 0) is 227 Å². The van der Waals surface area contributed by atoms with Crippen LogP contribution in [0.1, 0.15) is 213 Å². The first kappa shape index (κ1) is 78.4. The smallest absolute Gasteiger partial charge is 0.220 e. The molecule has 0 atom stereocenters. The van der Waals surface area contributed by atoms with Gasteiger partial charge in [0, 0.05) is 50.6 Å². The molecule has 0 spiro atoms. The van der Waals surface area contributed by atoms with Crippen LogP contribution in [-0.2, 0) is 44.4 Å². The Bertz CT molecular complexity index is 5750. The minimum atomic E-state index is 0. The number of rotatable bonds is 6. The van der Waals surface area contributed by atoms with Crippen LogP contribution in [0.2, 0.25) is 0 Å². The molecule has 2 aliphatic carbocycles. The van der Waals surface area contributed by atoms with E-state index in [1.165, 1.54) is 185 Å². The fourth-order valence-electron chi connectivity index (χ4n) is 16.3. The van der Waals surface area contributed by atoms with E-state index >= 15 is 0 Å². The quantitative estimate of drug-likeness (QED) is 0.117. The van der Waals surface area contributed by atoms with Gasteiger partial charge in [-0.3, -0.25) is 0 Å². The van der Waals surface area contributed by atoms with Gasteiger partial charge in [-0.15, -0.1) is 0 Å². The van der Waals surface area contributed by atoms with Crippen LogP contribution < -0.4 is 18.3 Å². The summed E-state index contributed by atoms with van der Waals surface area (Å²) in [6.45, 7) is 69.3. The molecule has 0 saturated heterocycles. The first-order valence-corrected chi connectivity index (χ1v) is 38.3. The Kier molecular flexibility index (Phi) is 23.3. The van der Waals surface area contributed by atoms with E-state index in [9.17, 15) is 0 Å². The molecule has 14 rings (SSSR count). The minimum Gasteiger partial charge on any atom is -0.238 e. The number of hydrogen-bond donors (Lipinski definition) is 0. The van der Waals surface area contributed by atoms with Gasteiger partial charge in [-0.2, -0.15) is 13.7 Å². The zero-order valence-electron chi connectivity index (χ0n) is 68.8. The highest BCUT2D eigenvalue weighted by Crippen LogP contribution is 2.44. The molecular formula is C100H114N8+4. The van der Waals surface area contributed by atoms with Gasteiger partial charge in [0.2, 0.25) is 22.8 Å². The van der Waals surface area contributed by atoms with E-state index in [1.807, 2.05) is 72.3 Å². The molecule has 4 heterocycles. The van der Waals surface area contributed by atoms with Gasteiger partial charge < -0.3 is 0 Å². The fourth-order valence-corrected chi connectivity index (χ4v) is 16.3. The van der Waals surface area contributed by atoms with E-state index in [4.69, 9.17) is 27.7 Å². The van der Waals surface area contributed by atoms with Crippen LogP contribution >= 0.6 is 0 Å². The molecule has 2 aliphatic rings. The molecular weight excluding hydrogens is 1310 g/mol. The van der Waals surface area contributed by atoms with Crippen LogP contribution in [0.3, 0.4) is 0 Å². The number of nitrogens with zero attached hydrogens (tertiary/aromatic N) is 8. The van der Waals surface area contributed by atoms with Gasteiger partial charge in [0.15, 0.2) is 46.0 Å². The summed E-state index contributed by atoms with van der Waals surface area (Å²) in [5, 5.41) is 9.08. The average molecular weight is 1430 g/mol. The molecule has 2 saturated carbocycles. The normalized spacial score (nSPS) is 13.3.